The van der Waals surface area contributed by atoms with Gasteiger partial charge in [0.2, 0.25) is 11.8 Å². The molecule has 1 atom stereocenters. The number of nitrogens with one attached hydrogen (secondary N) is 4. The zero-order valence-corrected chi connectivity index (χ0v) is 39.5. The van der Waals surface area contributed by atoms with Crippen LogP contribution in [0.1, 0.15) is 73.0 Å². The third kappa shape index (κ3) is 19.7. The summed E-state index contributed by atoms with van der Waals surface area (Å²) >= 11 is 6.78. The van der Waals surface area contributed by atoms with E-state index in [4.69, 9.17) is 35.9 Å². The summed E-state index contributed by atoms with van der Waals surface area (Å²) in [5.74, 6) is -0.697. The van der Waals surface area contributed by atoms with Crippen LogP contribution < -0.4 is 21.3 Å². The molecule has 1 aliphatic rings. The van der Waals surface area contributed by atoms with Gasteiger partial charge in [-0.25, -0.2) is 14.4 Å². The van der Waals surface area contributed by atoms with Gasteiger partial charge in [0.1, 0.15) is 24.7 Å². The molecule has 2 aromatic carbocycles. The zero-order valence-electron chi connectivity index (χ0n) is 37.9. The Hall–Kier alpha value is -5.21. The third-order valence-electron chi connectivity index (χ3n) is 10.3. The highest BCUT2D eigenvalue weighted by atomic mass is 35.5. The van der Waals surface area contributed by atoms with Crippen molar-refractivity contribution < 1.29 is 47.7 Å². The number of phenolic OH excluding ortho intramolecular Hbond substituents is 1. The van der Waals surface area contributed by atoms with Gasteiger partial charge in [-0.2, -0.15) is 0 Å². The molecule has 5 N–H and O–H groups in total. The molecular weight excluding hydrogens is 893 g/mol. The number of pyridine rings is 1. The molecule has 2 amide bonds. The summed E-state index contributed by atoms with van der Waals surface area (Å²) in [4.78, 5) is 71.0. The second kappa shape index (κ2) is 31.7. The Kier molecular flexibility index (Phi) is 26.4. The quantitative estimate of drug-likeness (QED) is 0.0325. The number of thiazole rings is 1. The van der Waals surface area contributed by atoms with Crippen LogP contribution >= 0.6 is 22.9 Å². The molecule has 0 aliphatic heterocycles. The molecule has 1 fully saturated rings. The fourth-order valence-corrected chi connectivity index (χ4v) is 7.65. The van der Waals surface area contributed by atoms with Crippen molar-refractivity contribution in [1.82, 2.24) is 25.5 Å². The lowest BCUT2D eigenvalue weighted by Crippen LogP contribution is -2.45. The number of aromatic hydroxyl groups is 1. The average Bonchev–Trinajstić information content (AvgIpc) is 3.83. The maximum absolute atomic E-state index is 13.5. The molecule has 2 aromatic heterocycles. The number of carbonyl (C=O) groups is 5. The Morgan fingerprint density at radius 1 is 0.955 bits per heavy atom. The Morgan fingerprint density at radius 2 is 1.64 bits per heavy atom. The fraction of sp³-hybridized carbons (Fsp3) is 0.468. The topological polar surface area (TPSA) is 210 Å². The van der Waals surface area contributed by atoms with E-state index in [2.05, 4.69) is 26.3 Å². The number of hydrogen-bond donors (Lipinski definition) is 5. The van der Waals surface area contributed by atoms with Gasteiger partial charge in [-0.3, -0.25) is 19.3 Å². The maximum atomic E-state index is 13.5. The monoisotopic (exact) mass is 955 g/mol. The van der Waals surface area contributed by atoms with Gasteiger partial charge in [-0.05, 0) is 70.7 Å². The molecule has 16 nitrogen and oxygen atoms in total. The number of carbonyl (C=O) groups excluding carboxylic acids is 5. The van der Waals surface area contributed by atoms with Crippen molar-refractivity contribution >= 4 is 70.2 Å². The summed E-state index contributed by atoms with van der Waals surface area (Å²) in [5.41, 5.74) is 1.86. The molecule has 360 valence electrons. The first-order chi connectivity index (χ1) is 32.0. The largest absolute Gasteiger partial charge is 0.505 e. The Labute approximate surface area is 395 Å². The van der Waals surface area contributed by atoms with E-state index in [-0.39, 0.29) is 42.8 Å². The number of hydrogen-bond acceptors (Lipinski definition) is 15. The van der Waals surface area contributed by atoms with Gasteiger partial charge in [0.15, 0.2) is 16.7 Å². The lowest BCUT2D eigenvalue weighted by Gasteiger charge is -2.35. The zero-order chi connectivity index (χ0) is 48.0. The first-order valence-electron chi connectivity index (χ1n) is 21.8. The van der Waals surface area contributed by atoms with Gasteiger partial charge < -0.3 is 50.2 Å². The number of benzene rings is 2. The minimum absolute atomic E-state index is 0.0469. The number of phenols is 1. The second-order valence-corrected chi connectivity index (χ2v) is 16.6. The van der Waals surface area contributed by atoms with Crippen LogP contribution in [0, 0.1) is 11.2 Å². The molecule has 0 spiro atoms. The first kappa shape index (κ1) is 55.1. The normalized spacial score (nSPS) is 13.2. The first-order valence-corrected chi connectivity index (χ1v) is 23.1. The maximum Gasteiger partial charge on any atom is 0.226 e. The highest BCUT2D eigenvalue weighted by molar-refractivity contribution is 7.13. The Bertz CT molecular complexity index is 2040. The van der Waals surface area contributed by atoms with Gasteiger partial charge in [0.05, 0.1) is 62.5 Å². The molecule has 1 saturated carbocycles. The summed E-state index contributed by atoms with van der Waals surface area (Å²) in [7, 11) is 5.48. The van der Waals surface area contributed by atoms with Gasteiger partial charge in [-0.15, -0.1) is 11.3 Å². The van der Waals surface area contributed by atoms with Crippen molar-refractivity contribution in [3.05, 3.63) is 93.8 Å². The van der Waals surface area contributed by atoms with E-state index in [1.54, 1.807) is 36.3 Å². The van der Waals surface area contributed by atoms with Crippen molar-refractivity contribution in [2.45, 2.75) is 70.4 Å². The highest BCUT2D eigenvalue weighted by Crippen LogP contribution is 2.39. The number of rotatable bonds is 26. The Balaban J connectivity index is 0.000000840. The lowest BCUT2D eigenvalue weighted by molar-refractivity contribution is -0.133. The van der Waals surface area contributed by atoms with Crippen LogP contribution in [0.3, 0.4) is 0 Å². The third-order valence-corrected chi connectivity index (χ3v) is 11.3. The second-order valence-electron chi connectivity index (χ2n) is 15.3. The van der Waals surface area contributed by atoms with E-state index in [1.807, 2.05) is 37.7 Å². The number of anilines is 3. The van der Waals surface area contributed by atoms with Gasteiger partial charge in [0, 0.05) is 60.0 Å². The van der Waals surface area contributed by atoms with E-state index in [0.717, 1.165) is 55.5 Å². The number of likely N-dealkylation sites (N-methyl/N-ethyl adjacent to an activating group) is 1. The molecule has 0 bridgehead atoms. The van der Waals surface area contributed by atoms with Crippen LogP contribution in [0.5, 0.6) is 5.75 Å². The molecule has 0 radical (unpaired) electrons. The summed E-state index contributed by atoms with van der Waals surface area (Å²) in [5, 5.41) is 23.2. The number of aromatic nitrogens is 2. The van der Waals surface area contributed by atoms with Crippen molar-refractivity contribution in [3.8, 4) is 5.75 Å². The van der Waals surface area contributed by atoms with Crippen LogP contribution in [0.25, 0.3) is 0 Å². The Morgan fingerprint density at radius 3 is 2.27 bits per heavy atom. The van der Waals surface area contributed by atoms with Crippen molar-refractivity contribution in [3.63, 3.8) is 0 Å². The minimum atomic E-state index is -0.765. The molecule has 2 heterocycles. The smallest absolute Gasteiger partial charge is 0.226 e. The number of nitrogens with zero attached hydrogens (tertiary/aromatic N) is 3. The van der Waals surface area contributed by atoms with Crippen LogP contribution in [-0.4, -0.2) is 124 Å². The summed E-state index contributed by atoms with van der Waals surface area (Å²) < 4.78 is 29.2. The van der Waals surface area contributed by atoms with E-state index in [1.165, 1.54) is 29.5 Å². The molecule has 66 heavy (non-hydrogen) atoms. The van der Waals surface area contributed by atoms with Gasteiger partial charge in [-0.1, -0.05) is 55.1 Å². The van der Waals surface area contributed by atoms with Crippen molar-refractivity contribution in [1.29, 1.82) is 0 Å². The fourth-order valence-electron chi connectivity index (χ4n) is 6.94. The van der Waals surface area contributed by atoms with E-state index >= 15 is 0 Å². The predicted molar refractivity (Wildman–Crippen MR) is 254 cm³/mol. The standard InChI is InChI=1S/C39H52N6O8S.C6H4ClFO.C2H7N/c1-45(32(29-48)10-7-18-46)27-33-30(28-47)8-5-11-34(33)43-36(49)13-19-51-21-23-53-24-22-52-20-16-40-37(50)39(14-3-2-4-15-39)26-31-9-6-12-35(42-31)44-38-41-17-25-54-38;7-4-2-1-3-5(9)6(4)8;1-3-2/h5-6,8-9,11-12,17-18,25,28-29,32H,2-4,7,10,13-16,19-24,26-27H2,1H3,(H,40,50)(H,43,49)(H,41,42,44);1-3,9H;3H,1-2H3. The molecule has 0 saturated heterocycles. The van der Waals surface area contributed by atoms with Gasteiger partial charge in [0.25, 0.3) is 0 Å². The number of amides is 2. The van der Waals surface area contributed by atoms with Crippen molar-refractivity contribution in [2.75, 3.05) is 78.0 Å². The van der Waals surface area contributed by atoms with Crippen LogP contribution in [0.2, 0.25) is 5.02 Å². The number of halogens is 2. The molecule has 1 aliphatic carbocycles. The van der Waals surface area contributed by atoms with E-state index < -0.39 is 23.0 Å². The van der Waals surface area contributed by atoms with Crippen LogP contribution in [0.4, 0.5) is 21.0 Å². The predicted octanol–water partition coefficient (Wildman–Crippen LogP) is 6.78. The average molecular weight is 957 g/mol. The molecule has 1 unspecified atom stereocenters. The number of ether oxygens (including phenoxy) is 3. The lowest BCUT2D eigenvalue weighted by atomic mass is 9.70. The molecular formula is C47H63ClFN7O9S. The van der Waals surface area contributed by atoms with E-state index in [0.29, 0.717) is 81.3 Å². The van der Waals surface area contributed by atoms with E-state index in [9.17, 15) is 28.4 Å². The number of aldehydes is 3. The summed E-state index contributed by atoms with van der Waals surface area (Å²) in [6, 6.07) is 14.5. The highest BCUT2D eigenvalue weighted by Gasteiger charge is 2.39. The van der Waals surface area contributed by atoms with Gasteiger partial charge >= 0.3 is 0 Å². The molecule has 19 heteroatoms. The SMILES string of the molecule is CN(Cc1c(C=O)cccc1NC(=O)CCOCCOCCOCCNC(=O)C1(Cc2cccc(Nc3nccs3)n2)CCCCC1)C(C=O)CCC=O.CNC.Oc1cccc(Cl)c1F. The summed E-state index contributed by atoms with van der Waals surface area (Å²) in [6.07, 6.45) is 10.1. The van der Waals surface area contributed by atoms with Crippen molar-refractivity contribution in [2.24, 2.45) is 5.41 Å². The van der Waals surface area contributed by atoms with Crippen LogP contribution in [-0.2, 0) is 46.4 Å². The van der Waals surface area contributed by atoms with Crippen LogP contribution in [0.15, 0.2) is 66.2 Å². The minimum Gasteiger partial charge on any atom is -0.505 e. The molecule has 4 aromatic rings. The summed E-state index contributed by atoms with van der Waals surface area (Å²) in [6.45, 7) is 2.56. The molecule has 5 rings (SSSR count).